The number of para-hydroxylation sites is 1. The predicted octanol–water partition coefficient (Wildman–Crippen LogP) is 3.56. The van der Waals surface area contributed by atoms with Crippen LogP contribution in [-0.2, 0) is 4.79 Å². The highest BCUT2D eigenvalue weighted by Gasteiger charge is 2.08. The molecule has 1 aromatic carbocycles. The Morgan fingerprint density at radius 1 is 1.53 bits per heavy atom. The summed E-state index contributed by atoms with van der Waals surface area (Å²) in [6.45, 7) is 2.02. The average molecular weight is 269 g/mol. The van der Waals surface area contributed by atoms with Gasteiger partial charge in [-0.2, -0.15) is 0 Å². The van der Waals surface area contributed by atoms with Gasteiger partial charge in [-0.15, -0.1) is 11.6 Å². The summed E-state index contributed by atoms with van der Waals surface area (Å²) in [4.78, 5) is 15.9. The number of aryl methyl sites for hydroxylation is 1. The quantitative estimate of drug-likeness (QED) is 0.862. The molecule has 3 nitrogen and oxygen atoms in total. The van der Waals surface area contributed by atoms with Crippen molar-refractivity contribution in [3.05, 3.63) is 23.8 Å². The highest BCUT2D eigenvalue weighted by molar-refractivity contribution is 7.22. The summed E-state index contributed by atoms with van der Waals surface area (Å²) >= 11 is 7.04. The molecule has 0 aliphatic rings. The second kappa shape index (κ2) is 5.47. The molecular weight excluding hydrogens is 256 g/mol. The van der Waals surface area contributed by atoms with Gasteiger partial charge in [0.05, 0.1) is 10.2 Å². The third-order valence-electron chi connectivity index (χ3n) is 2.40. The van der Waals surface area contributed by atoms with Gasteiger partial charge in [-0.3, -0.25) is 4.79 Å². The van der Waals surface area contributed by atoms with Crippen LogP contribution in [0.3, 0.4) is 0 Å². The number of hydrogen-bond acceptors (Lipinski definition) is 3. The number of rotatable bonds is 4. The van der Waals surface area contributed by atoms with Gasteiger partial charge in [0.1, 0.15) is 0 Å². The first-order valence-electron chi connectivity index (χ1n) is 5.42. The van der Waals surface area contributed by atoms with Crippen molar-refractivity contribution in [1.82, 2.24) is 4.98 Å². The molecule has 0 unspecified atom stereocenters. The van der Waals surface area contributed by atoms with Gasteiger partial charge in [-0.1, -0.05) is 23.5 Å². The third-order valence-corrected chi connectivity index (χ3v) is 3.61. The predicted molar refractivity (Wildman–Crippen MR) is 72.9 cm³/mol. The molecule has 0 bridgehead atoms. The summed E-state index contributed by atoms with van der Waals surface area (Å²) < 4.78 is 1.10. The highest BCUT2D eigenvalue weighted by Crippen LogP contribution is 2.27. The van der Waals surface area contributed by atoms with Crippen molar-refractivity contribution >= 4 is 44.2 Å². The molecule has 0 saturated carbocycles. The first-order chi connectivity index (χ1) is 8.20. The summed E-state index contributed by atoms with van der Waals surface area (Å²) in [5.41, 5.74) is 2.09. The lowest BCUT2D eigenvalue weighted by atomic mass is 10.2. The number of anilines is 1. The summed E-state index contributed by atoms with van der Waals surface area (Å²) in [6.07, 6.45) is 1.13. The second-order valence-corrected chi connectivity index (χ2v) is 5.19. The van der Waals surface area contributed by atoms with E-state index in [0.717, 1.165) is 15.8 Å². The van der Waals surface area contributed by atoms with Gasteiger partial charge in [0.25, 0.3) is 0 Å². The zero-order valence-electron chi connectivity index (χ0n) is 9.50. The standard InChI is InChI=1S/C12H13ClN2OS/c1-8-4-2-5-9-11(8)15-12(17-9)14-10(16)6-3-7-13/h2,4-5H,3,6-7H2,1H3,(H,14,15,16). The van der Waals surface area contributed by atoms with E-state index in [0.29, 0.717) is 23.9 Å². The lowest BCUT2D eigenvalue weighted by Gasteiger charge is -1.98. The van der Waals surface area contributed by atoms with Crippen LogP contribution in [0.1, 0.15) is 18.4 Å². The van der Waals surface area contributed by atoms with E-state index in [1.165, 1.54) is 11.3 Å². The molecule has 0 radical (unpaired) electrons. The van der Waals surface area contributed by atoms with Crippen molar-refractivity contribution in [2.45, 2.75) is 19.8 Å². The highest BCUT2D eigenvalue weighted by atomic mass is 35.5. The van der Waals surface area contributed by atoms with Gasteiger partial charge in [0.15, 0.2) is 5.13 Å². The van der Waals surface area contributed by atoms with Crippen LogP contribution >= 0.6 is 22.9 Å². The fourth-order valence-electron chi connectivity index (χ4n) is 1.55. The number of nitrogens with one attached hydrogen (secondary N) is 1. The van der Waals surface area contributed by atoms with Crippen LogP contribution in [0, 0.1) is 6.92 Å². The fourth-order valence-corrected chi connectivity index (χ4v) is 2.64. The van der Waals surface area contributed by atoms with Crippen LogP contribution in [0.5, 0.6) is 0 Å². The van der Waals surface area contributed by atoms with E-state index in [1.54, 1.807) is 0 Å². The maximum Gasteiger partial charge on any atom is 0.226 e. The van der Waals surface area contributed by atoms with E-state index < -0.39 is 0 Å². The number of carbonyl (C=O) groups is 1. The van der Waals surface area contributed by atoms with E-state index in [2.05, 4.69) is 10.3 Å². The molecule has 2 rings (SSSR count). The Hall–Kier alpha value is -1.13. The van der Waals surface area contributed by atoms with Crippen molar-refractivity contribution in [1.29, 1.82) is 0 Å². The van der Waals surface area contributed by atoms with E-state index >= 15 is 0 Å². The molecule has 90 valence electrons. The normalized spacial score (nSPS) is 10.7. The minimum atomic E-state index is -0.0256. The number of hydrogen-bond donors (Lipinski definition) is 1. The molecule has 1 N–H and O–H groups in total. The van der Waals surface area contributed by atoms with Crippen LogP contribution < -0.4 is 5.32 Å². The summed E-state index contributed by atoms with van der Waals surface area (Å²) in [6, 6.07) is 6.02. The van der Waals surface area contributed by atoms with Gasteiger partial charge >= 0.3 is 0 Å². The number of nitrogens with zero attached hydrogens (tertiary/aromatic N) is 1. The second-order valence-electron chi connectivity index (χ2n) is 3.78. The van der Waals surface area contributed by atoms with Crippen molar-refractivity contribution in [2.24, 2.45) is 0 Å². The van der Waals surface area contributed by atoms with E-state index in [9.17, 15) is 4.79 Å². The van der Waals surface area contributed by atoms with Crippen molar-refractivity contribution < 1.29 is 4.79 Å². The largest absolute Gasteiger partial charge is 0.302 e. The Kier molecular flexibility index (Phi) is 3.97. The topological polar surface area (TPSA) is 42.0 Å². The molecule has 1 aromatic heterocycles. The smallest absolute Gasteiger partial charge is 0.226 e. The maximum absolute atomic E-state index is 11.5. The molecule has 5 heteroatoms. The Labute approximate surface area is 109 Å². The van der Waals surface area contributed by atoms with Gasteiger partial charge in [0.2, 0.25) is 5.91 Å². The van der Waals surface area contributed by atoms with Crippen LogP contribution in [0.4, 0.5) is 5.13 Å². The molecule has 0 spiro atoms. The summed E-state index contributed by atoms with van der Waals surface area (Å²) in [5, 5.41) is 3.46. The van der Waals surface area contributed by atoms with Crippen LogP contribution in [-0.4, -0.2) is 16.8 Å². The van der Waals surface area contributed by atoms with Gasteiger partial charge < -0.3 is 5.32 Å². The molecule has 2 aromatic rings. The van der Waals surface area contributed by atoms with Crippen molar-refractivity contribution in [2.75, 3.05) is 11.2 Å². The maximum atomic E-state index is 11.5. The Morgan fingerprint density at radius 3 is 3.06 bits per heavy atom. The number of carbonyl (C=O) groups excluding carboxylic acids is 1. The lowest BCUT2D eigenvalue weighted by Crippen LogP contribution is -2.10. The monoisotopic (exact) mass is 268 g/mol. The molecule has 0 atom stereocenters. The molecular formula is C12H13ClN2OS. The molecule has 0 aliphatic heterocycles. The minimum Gasteiger partial charge on any atom is -0.302 e. The SMILES string of the molecule is Cc1cccc2sc(NC(=O)CCCCl)nc12. The van der Waals surface area contributed by atoms with Gasteiger partial charge in [-0.25, -0.2) is 4.98 Å². The summed E-state index contributed by atoms with van der Waals surface area (Å²) in [7, 11) is 0. The van der Waals surface area contributed by atoms with Gasteiger partial charge in [0, 0.05) is 12.3 Å². The zero-order chi connectivity index (χ0) is 12.3. The number of halogens is 1. The molecule has 1 amide bonds. The molecule has 0 fully saturated rings. The zero-order valence-corrected chi connectivity index (χ0v) is 11.1. The van der Waals surface area contributed by atoms with Crippen LogP contribution in [0.25, 0.3) is 10.2 Å². The molecule has 0 aliphatic carbocycles. The Bertz CT molecular complexity index is 538. The Morgan fingerprint density at radius 2 is 2.35 bits per heavy atom. The van der Waals surface area contributed by atoms with Gasteiger partial charge in [-0.05, 0) is 25.0 Å². The number of thiazole rings is 1. The third kappa shape index (κ3) is 2.96. The fraction of sp³-hybridized carbons (Fsp3) is 0.333. The lowest BCUT2D eigenvalue weighted by molar-refractivity contribution is -0.116. The van der Waals surface area contributed by atoms with E-state index in [1.807, 2.05) is 25.1 Å². The van der Waals surface area contributed by atoms with E-state index in [-0.39, 0.29) is 5.91 Å². The first-order valence-corrected chi connectivity index (χ1v) is 6.78. The van der Waals surface area contributed by atoms with Crippen molar-refractivity contribution in [3.8, 4) is 0 Å². The van der Waals surface area contributed by atoms with Crippen LogP contribution in [0.15, 0.2) is 18.2 Å². The minimum absolute atomic E-state index is 0.0256. The number of benzene rings is 1. The Balaban J connectivity index is 2.14. The number of amides is 1. The van der Waals surface area contributed by atoms with E-state index in [4.69, 9.17) is 11.6 Å². The first kappa shape index (κ1) is 12.3. The molecule has 1 heterocycles. The summed E-state index contributed by atoms with van der Waals surface area (Å²) in [5.74, 6) is 0.481. The van der Waals surface area contributed by atoms with Crippen molar-refractivity contribution in [3.63, 3.8) is 0 Å². The van der Waals surface area contributed by atoms with Crippen LogP contribution in [0.2, 0.25) is 0 Å². The molecule has 17 heavy (non-hydrogen) atoms. The average Bonchev–Trinajstić information content (AvgIpc) is 2.70. The number of alkyl halides is 1. The molecule has 0 saturated heterocycles. The number of aromatic nitrogens is 1. The number of fused-ring (bicyclic) bond motifs is 1.